The van der Waals surface area contributed by atoms with Gasteiger partial charge in [-0.2, -0.15) is 0 Å². The standard InChI is InChI=1S/C31H31N/c1-5-11-24(6-2)32(25-17-16-22-12-7-8-13-23(22)20-25)26-18-19-28-27-14-9-10-15-29(27)31(3,4)30(28)21-26/h5-6,8-11,13-21H,7,12H2,1-4H3/b11-5-,24-6+. The number of allylic oxidation sites excluding steroid dienone is 4. The Balaban J connectivity index is 1.68. The lowest BCUT2D eigenvalue weighted by molar-refractivity contribution is 0.660. The van der Waals surface area contributed by atoms with E-state index in [0.29, 0.717) is 0 Å². The molecule has 0 spiro atoms. The van der Waals surface area contributed by atoms with Crippen molar-refractivity contribution in [2.75, 3.05) is 4.90 Å². The summed E-state index contributed by atoms with van der Waals surface area (Å²) in [6.07, 6.45) is 13.3. The van der Waals surface area contributed by atoms with Crippen molar-refractivity contribution in [3.05, 3.63) is 113 Å². The Morgan fingerprint density at radius 2 is 1.62 bits per heavy atom. The van der Waals surface area contributed by atoms with Gasteiger partial charge in [0.05, 0.1) is 0 Å². The van der Waals surface area contributed by atoms with Crippen molar-refractivity contribution in [3.63, 3.8) is 0 Å². The van der Waals surface area contributed by atoms with E-state index in [-0.39, 0.29) is 5.41 Å². The van der Waals surface area contributed by atoms with Crippen LogP contribution in [0.15, 0.2) is 90.7 Å². The fourth-order valence-corrected chi connectivity index (χ4v) is 5.30. The van der Waals surface area contributed by atoms with Crippen LogP contribution < -0.4 is 4.90 Å². The van der Waals surface area contributed by atoms with Crippen molar-refractivity contribution in [1.82, 2.24) is 0 Å². The highest BCUT2D eigenvalue weighted by molar-refractivity contribution is 5.84. The first kappa shape index (κ1) is 20.6. The molecule has 2 aliphatic carbocycles. The van der Waals surface area contributed by atoms with Gasteiger partial charge in [0, 0.05) is 22.5 Å². The zero-order valence-corrected chi connectivity index (χ0v) is 19.5. The van der Waals surface area contributed by atoms with E-state index < -0.39 is 0 Å². The molecule has 0 unspecified atom stereocenters. The molecule has 5 rings (SSSR count). The average Bonchev–Trinajstić information content (AvgIpc) is 3.05. The third-order valence-corrected chi connectivity index (χ3v) is 6.98. The second-order valence-corrected chi connectivity index (χ2v) is 9.27. The number of nitrogens with zero attached hydrogens (tertiary/aromatic N) is 1. The molecule has 0 fully saturated rings. The fourth-order valence-electron chi connectivity index (χ4n) is 5.30. The molecule has 32 heavy (non-hydrogen) atoms. The molecule has 0 aliphatic heterocycles. The molecular weight excluding hydrogens is 386 g/mol. The molecule has 2 aliphatic rings. The first-order valence-corrected chi connectivity index (χ1v) is 11.7. The van der Waals surface area contributed by atoms with Crippen LogP contribution >= 0.6 is 0 Å². The van der Waals surface area contributed by atoms with Crippen LogP contribution in [0.1, 0.15) is 56.4 Å². The van der Waals surface area contributed by atoms with E-state index in [9.17, 15) is 0 Å². The molecule has 0 saturated carbocycles. The van der Waals surface area contributed by atoms with Gasteiger partial charge in [0.1, 0.15) is 0 Å². The van der Waals surface area contributed by atoms with Crippen LogP contribution in [0.4, 0.5) is 11.4 Å². The van der Waals surface area contributed by atoms with E-state index >= 15 is 0 Å². The second kappa shape index (κ2) is 7.98. The first-order chi connectivity index (χ1) is 15.5. The van der Waals surface area contributed by atoms with Crippen LogP contribution in [-0.2, 0) is 11.8 Å². The molecule has 0 N–H and O–H groups in total. The Morgan fingerprint density at radius 3 is 2.44 bits per heavy atom. The largest absolute Gasteiger partial charge is 0.311 e. The maximum Gasteiger partial charge on any atom is 0.0467 e. The van der Waals surface area contributed by atoms with E-state index in [1.54, 1.807) is 0 Å². The van der Waals surface area contributed by atoms with Gasteiger partial charge in [-0.1, -0.05) is 74.5 Å². The van der Waals surface area contributed by atoms with E-state index in [1.165, 1.54) is 50.5 Å². The van der Waals surface area contributed by atoms with Crippen molar-refractivity contribution in [3.8, 4) is 11.1 Å². The van der Waals surface area contributed by atoms with Crippen molar-refractivity contribution in [1.29, 1.82) is 0 Å². The van der Waals surface area contributed by atoms with Gasteiger partial charge in [0.2, 0.25) is 0 Å². The van der Waals surface area contributed by atoms with E-state index in [2.05, 4.69) is 124 Å². The first-order valence-electron chi connectivity index (χ1n) is 11.7. The predicted molar refractivity (Wildman–Crippen MR) is 139 cm³/mol. The molecular formula is C31H31N. The number of benzene rings is 3. The number of anilines is 2. The van der Waals surface area contributed by atoms with Crippen LogP contribution in [0.25, 0.3) is 17.2 Å². The summed E-state index contributed by atoms with van der Waals surface area (Å²) < 4.78 is 0. The molecule has 3 aromatic carbocycles. The third-order valence-electron chi connectivity index (χ3n) is 6.98. The summed E-state index contributed by atoms with van der Waals surface area (Å²) in [6.45, 7) is 8.89. The summed E-state index contributed by atoms with van der Waals surface area (Å²) in [5.41, 5.74) is 11.9. The van der Waals surface area contributed by atoms with Gasteiger partial charge in [-0.05, 0) is 90.4 Å². The van der Waals surface area contributed by atoms with Crippen LogP contribution in [-0.4, -0.2) is 0 Å². The van der Waals surface area contributed by atoms with E-state index in [0.717, 1.165) is 12.8 Å². The van der Waals surface area contributed by atoms with Crippen molar-refractivity contribution < 1.29 is 0 Å². The second-order valence-electron chi connectivity index (χ2n) is 9.27. The number of rotatable bonds is 4. The minimum absolute atomic E-state index is 0.0110. The smallest absolute Gasteiger partial charge is 0.0467 e. The topological polar surface area (TPSA) is 3.24 Å². The Labute approximate surface area is 192 Å². The number of fused-ring (bicyclic) bond motifs is 4. The Kier molecular flexibility index (Phi) is 5.13. The predicted octanol–water partition coefficient (Wildman–Crippen LogP) is 8.57. The third kappa shape index (κ3) is 3.24. The maximum absolute atomic E-state index is 2.40. The zero-order valence-electron chi connectivity index (χ0n) is 19.5. The zero-order chi connectivity index (χ0) is 22.3. The highest BCUT2D eigenvalue weighted by Gasteiger charge is 2.35. The van der Waals surface area contributed by atoms with Gasteiger partial charge < -0.3 is 4.90 Å². The fraction of sp³-hybridized carbons (Fsp3) is 0.226. The number of hydrogen-bond acceptors (Lipinski definition) is 1. The summed E-state index contributed by atoms with van der Waals surface area (Å²) in [5.74, 6) is 0. The molecule has 0 heterocycles. The molecule has 1 heteroatoms. The minimum Gasteiger partial charge on any atom is -0.311 e. The lowest BCUT2D eigenvalue weighted by Crippen LogP contribution is -2.18. The van der Waals surface area contributed by atoms with Crippen LogP contribution in [0.2, 0.25) is 0 Å². The Morgan fingerprint density at radius 1 is 0.875 bits per heavy atom. The molecule has 0 aromatic heterocycles. The van der Waals surface area contributed by atoms with Crippen molar-refractivity contribution in [2.24, 2.45) is 0 Å². The van der Waals surface area contributed by atoms with Gasteiger partial charge >= 0.3 is 0 Å². The molecule has 0 amide bonds. The number of hydrogen-bond donors (Lipinski definition) is 0. The summed E-state index contributed by atoms with van der Waals surface area (Å²) in [5, 5.41) is 0. The maximum atomic E-state index is 2.40. The highest BCUT2D eigenvalue weighted by Crippen LogP contribution is 2.50. The average molecular weight is 418 g/mol. The van der Waals surface area contributed by atoms with Crippen LogP contribution in [0.5, 0.6) is 0 Å². The van der Waals surface area contributed by atoms with Gasteiger partial charge in [0.15, 0.2) is 0 Å². The van der Waals surface area contributed by atoms with Gasteiger partial charge in [0.25, 0.3) is 0 Å². The molecule has 160 valence electrons. The minimum atomic E-state index is -0.0110. The monoisotopic (exact) mass is 417 g/mol. The Hall–Kier alpha value is -3.32. The normalized spacial score (nSPS) is 16.1. The molecule has 0 bridgehead atoms. The van der Waals surface area contributed by atoms with Crippen molar-refractivity contribution in [2.45, 2.75) is 46.0 Å². The lowest BCUT2D eigenvalue weighted by Gasteiger charge is -2.29. The van der Waals surface area contributed by atoms with Crippen molar-refractivity contribution >= 4 is 17.5 Å². The summed E-state index contributed by atoms with van der Waals surface area (Å²) in [6, 6.07) is 22.7. The molecule has 3 aromatic rings. The number of aryl methyl sites for hydroxylation is 1. The SMILES string of the molecule is C/C=C\C(=C/C)N(c1ccc2c(c1)C=CCC2)c1ccc2c(c1)C(C)(C)c1ccccc1-2. The molecule has 0 atom stereocenters. The molecule has 0 radical (unpaired) electrons. The van der Waals surface area contributed by atoms with Gasteiger partial charge in [-0.25, -0.2) is 0 Å². The van der Waals surface area contributed by atoms with E-state index in [4.69, 9.17) is 0 Å². The summed E-state index contributed by atoms with van der Waals surface area (Å²) >= 11 is 0. The lowest BCUT2D eigenvalue weighted by atomic mass is 9.82. The molecule has 1 nitrogen and oxygen atoms in total. The summed E-state index contributed by atoms with van der Waals surface area (Å²) in [7, 11) is 0. The molecule has 0 saturated heterocycles. The van der Waals surface area contributed by atoms with Gasteiger partial charge in [-0.15, -0.1) is 0 Å². The van der Waals surface area contributed by atoms with Crippen LogP contribution in [0, 0.1) is 0 Å². The highest BCUT2D eigenvalue weighted by atomic mass is 15.1. The summed E-state index contributed by atoms with van der Waals surface area (Å²) in [4.78, 5) is 2.39. The quantitative estimate of drug-likeness (QED) is 0.384. The van der Waals surface area contributed by atoms with Gasteiger partial charge in [-0.3, -0.25) is 0 Å². The van der Waals surface area contributed by atoms with E-state index in [1.807, 2.05) is 0 Å². The van der Waals surface area contributed by atoms with Crippen LogP contribution in [0.3, 0.4) is 0 Å². The Bertz CT molecular complexity index is 1270.